The maximum absolute atomic E-state index is 10.0. The van der Waals surface area contributed by atoms with Crippen LogP contribution in [0.1, 0.15) is 5.56 Å². The number of phenols is 1. The number of para-hydroxylation sites is 1. The van der Waals surface area contributed by atoms with E-state index in [9.17, 15) is 5.11 Å². The van der Waals surface area contributed by atoms with Crippen LogP contribution in [-0.2, 0) is 0 Å². The summed E-state index contributed by atoms with van der Waals surface area (Å²) in [5, 5.41) is 10.0. The molecule has 0 aliphatic carbocycles. The number of hydrogen-bond donors (Lipinski definition) is 1. The van der Waals surface area contributed by atoms with Gasteiger partial charge in [-0.3, -0.25) is 0 Å². The van der Waals surface area contributed by atoms with E-state index in [0.717, 1.165) is 22.3 Å². The fraction of sp³-hybridized carbons (Fsp3) is 0.0526. The molecule has 0 amide bonds. The first-order valence-electron chi connectivity index (χ1n) is 6.70. The maximum atomic E-state index is 10.0. The van der Waals surface area contributed by atoms with E-state index < -0.39 is 0 Å². The van der Waals surface area contributed by atoms with Crippen LogP contribution in [0.3, 0.4) is 0 Å². The van der Waals surface area contributed by atoms with E-state index in [1.165, 1.54) is 5.56 Å². The summed E-state index contributed by atoms with van der Waals surface area (Å²) in [7, 11) is 0. The highest BCUT2D eigenvalue weighted by molar-refractivity contribution is 5.78. The number of hydrogen-bond acceptors (Lipinski definition) is 1. The molecule has 98 valence electrons. The topological polar surface area (TPSA) is 20.2 Å². The molecule has 1 nitrogen and oxygen atoms in total. The summed E-state index contributed by atoms with van der Waals surface area (Å²) in [6, 6.07) is 24.1. The Morgan fingerprint density at radius 3 is 2.10 bits per heavy atom. The largest absolute Gasteiger partial charge is 0.507 e. The summed E-state index contributed by atoms with van der Waals surface area (Å²) >= 11 is 0. The second-order valence-electron chi connectivity index (χ2n) is 4.91. The maximum Gasteiger partial charge on any atom is 0.123 e. The first-order chi connectivity index (χ1) is 9.75. The third-order valence-electron chi connectivity index (χ3n) is 3.54. The van der Waals surface area contributed by atoms with E-state index in [4.69, 9.17) is 0 Å². The van der Waals surface area contributed by atoms with Gasteiger partial charge < -0.3 is 5.11 Å². The van der Waals surface area contributed by atoms with Crippen molar-refractivity contribution in [2.75, 3.05) is 0 Å². The van der Waals surface area contributed by atoms with Gasteiger partial charge in [0.15, 0.2) is 0 Å². The third-order valence-corrected chi connectivity index (χ3v) is 3.54. The molecule has 0 aliphatic rings. The molecule has 0 radical (unpaired) electrons. The second kappa shape index (κ2) is 5.22. The molecule has 1 N–H and O–H groups in total. The van der Waals surface area contributed by atoms with Crippen LogP contribution in [0, 0.1) is 6.92 Å². The zero-order valence-electron chi connectivity index (χ0n) is 11.4. The molecule has 0 unspecified atom stereocenters. The fourth-order valence-corrected chi connectivity index (χ4v) is 2.42. The molecule has 0 spiro atoms. The molecule has 0 saturated carbocycles. The zero-order valence-corrected chi connectivity index (χ0v) is 11.4. The molecule has 0 aromatic heterocycles. The van der Waals surface area contributed by atoms with Crippen LogP contribution >= 0.6 is 0 Å². The van der Waals surface area contributed by atoms with Crippen LogP contribution in [0.5, 0.6) is 5.75 Å². The Kier molecular flexibility index (Phi) is 3.26. The molecule has 0 heterocycles. The first-order valence-corrected chi connectivity index (χ1v) is 6.70. The van der Waals surface area contributed by atoms with E-state index >= 15 is 0 Å². The number of aryl methyl sites for hydroxylation is 1. The Balaban J connectivity index is 2.15. The van der Waals surface area contributed by atoms with Crippen LogP contribution in [0.15, 0.2) is 72.8 Å². The molecule has 3 aromatic carbocycles. The minimum atomic E-state index is 0.320. The smallest absolute Gasteiger partial charge is 0.123 e. The summed E-state index contributed by atoms with van der Waals surface area (Å²) < 4.78 is 0. The quantitative estimate of drug-likeness (QED) is 0.684. The van der Waals surface area contributed by atoms with Gasteiger partial charge in [-0.1, -0.05) is 60.7 Å². The Hall–Kier alpha value is -2.54. The average molecular weight is 260 g/mol. The Morgan fingerprint density at radius 1 is 0.650 bits per heavy atom. The highest BCUT2D eigenvalue weighted by Gasteiger charge is 2.08. The lowest BCUT2D eigenvalue weighted by atomic mass is 9.95. The van der Waals surface area contributed by atoms with Gasteiger partial charge in [0, 0.05) is 5.56 Å². The SMILES string of the molecule is Cc1ccc(-c2ccccc2)cc1-c1ccccc1O. The molecule has 0 bridgehead atoms. The number of aromatic hydroxyl groups is 1. The van der Waals surface area contributed by atoms with E-state index in [1.54, 1.807) is 6.07 Å². The highest BCUT2D eigenvalue weighted by Crippen LogP contribution is 2.34. The highest BCUT2D eigenvalue weighted by atomic mass is 16.3. The van der Waals surface area contributed by atoms with Crippen LogP contribution < -0.4 is 0 Å². The molecule has 0 fully saturated rings. The van der Waals surface area contributed by atoms with Crippen molar-refractivity contribution in [3.63, 3.8) is 0 Å². The predicted molar refractivity (Wildman–Crippen MR) is 83.7 cm³/mol. The molecular formula is C19H16O. The van der Waals surface area contributed by atoms with Crippen molar-refractivity contribution in [3.8, 4) is 28.0 Å². The molecule has 20 heavy (non-hydrogen) atoms. The van der Waals surface area contributed by atoms with E-state index in [-0.39, 0.29) is 0 Å². The summed E-state index contributed by atoms with van der Waals surface area (Å²) in [5.41, 5.74) is 5.46. The lowest BCUT2D eigenvalue weighted by Crippen LogP contribution is -1.86. The monoisotopic (exact) mass is 260 g/mol. The molecule has 3 rings (SSSR count). The van der Waals surface area contributed by atoms with Gasteiger partial charge in [-0.05, 0) is 41.3 Å². The average Bonchev–Trinajstić information content (AvgIpc) is 2.49. The zero-order chi connectivity index (χ0) is 13.9. The van der Waals surface area contributed by atoms with Gasteiger partial charge in [-0.15, -0.1) is 0 Å². The van der Waals surface area contributed by atoms with Gasteiger partial charge in [-0.25, -0.2) is 0 Å². The van der Waals surface area contributed by atoms with Crippen molar-refractivity contribution >= 4 is 0 Å². The normalized spacial score (nSPS) is 10.4. The van der Waals surface area contributed by atoms with E-state index in [1.807, 2.05) is 36.4 Å². The number of rotatable bonds is 2. The minimum Gasteiger partial charge on any atom is -0.507 e. The van der Waals surface area contributed by atoms with Crippen molar-refractivity contribution in [1.29, 1.82) is 0 Å². The van der Waals surface area contributed by atoms with Gasteiger partial charge in [0.1, 0.15) is 5.75 Å². The van der Waals surface area contributed by atoms with Crippen molar-refractivity contribution in [1.82, 2.24) is 0 Å². The lowest BCUT2D eigenvalue weighted by molar-refractivity contribution is 0.477. The Morgan fingerprint density at radius 2 is 1.35 bits per heavy atom. The van der Waals surface area contributed by atoms with Gasteiger partial charge in [-0.2, -0.15) is 0 Å². The van der Waals surface area contributed by atoms with E-state index in [0.29, 0.717) is 5.75 Å². The van der Waals surface area contributed by atoms with Crippen molar-refractivity contribution in [3.05, 3.63) is 78.4 Å². The molecule has 0 atom stereocenters. The second-order valence-corrected chi connectivity index (χ2v) is 4.91. The van der Waals surface area contributed by atoms with Crippen LogP contribution in [-0.4, -0.2) is 5.11 Å². The summed E-state index contributed by atoms with van der Waals surface area (Å²) in [4.78, 5) is 0. The van der Waals surface area contributed by atoms with Crippen LogP contribution in [0.4, 0.5) is 0 Å². The predicted octanol–water partition coefficient (Wildman–Crippen LogP) is 5.03. The number of benzene rings is 3. The number of phenolic OH excluding ortho intramolecular Hbond substituents is 1. The molecule has 0 aliphatic heterocycles. The van der Waals surface area contributed by atoms with Crippen molar-refractivity contribution in [2.45, 2.75) is 6.92 Å². The fourth-order valence-electron chi connectivity index (χ4n) is 2.42. The van der Waals surface area contributed by atoms with Crippen molar-refractivity contribution in [2.24, 2.45) is 0 Å². The van der Waals surface area contributed by atoms with Gasteiger partial charge in [0.25, 0.3) is 0 Å². The Bertz CT molecular complexity index is 730. The van der Waals surface area contributed by atoms with E-state index in [2.05, 4.69) is 37.3 Å². The lowest BCUT2D eigenvalue weighted by Gasteiger charge is -2.11. The van der Waals surface area contributed by atoms with Gasteiger partial charge in [0.2, 0.25) is 0 Å². The minimum absolute atomic E-state index is 0.320. The molecule has 1 heteroatoms. The standard InChI is InChI=1S/C19H16O/c1-14-11-12-16(15-7-3-2-4-8-15)13-18(14)17-9-5-6-10-19(17)20/h2-13,20H,1H3. The summed E-state index contributed by atoms with van der Waals surface area (Å²) in [5.74, 6) is 0.320. The van der Waals surface area contributed by atoms with Crippen LogP contribution in [0.25, 0.3) is 22.3 Å². The van der Waals surface area contributed by atoms with Crippen molar-refractivity contribution < 1.29 is 5.11 Å². The van der Waals surface area contributed by atoms with Gasteiger partial charge >= 0.3 is 0 Å². The molecular weight excluding hydrogens is 244 g/mol. The summed E-state index contributed by atoms with van der Waals surface area (Å²) in [6.45, 7) is 2.07. The first kappa shape index (κ1) is 12.5. The molecule has 0 saturated heterocycles. The van der Waals surface area contributed by atoms with Crippen LogP contribution in [0.2, 0.25) is 0 Å². The third kappa shape index (κ3) is 2.30. The molecule has 3 aromatic rings. The Labute approximate surface area is 119 Å². The van der Waals surface area contributed by atoms with Gasteiger partial charge in [0.05, 0.1) is 0 Å². The summed E-state index contributed by atoms with van der Waals surface area (Å²) in [6.07, 6.45) is 0.